The number of methoxy groups -OCH3 is 2. The van der Waals surface area contributed by atoms with Crippen molar-refractivity contribution in [3.05, 3.63) is 82.8 Å². The van der Waals surface area contributed by atoms with Crippen molar-refractivity contribution >= 4 is 21.7 Å². The second-order valence-corrected chi connectivity index (χ2v) is 9.93. The highest BCUT2D eigenvalue weighted by Crippen LogP contribution is 2.30. The van der Waals surface area contributed by atoms with Gasteiger partial charge in [-0.05, 0) is 49.6 Å². The monoisotopic (exact) mass is 514 g/mol. The Bertz CT molecular complexity index is 1290. The van der Waals surface area contributed by atoms with E-state index in [0.717, 1.165) is 17.5 Å². The summed E-state index contributed by atoms with van der Waals surface area (Å²) in [7, 11) is -0.939. The molecule has 10 heteroatoms. The molecule has 0 fully saturated rings. The summed E-state index contributed by atoms with van der Waals surface area (Å²) in [5.41, 5.74) is 2.31. The van der Waals surface area contributed by atoms with Gasteiger partial charge in [-0.25, -0.2) is 13.6 Å². The summed E-state index contributed by atoms with van der Waals surface area (Å²) in [6.45, 7) is 2.33. The van der Waals surface area contributed by atoms with Crippen molar-refractivity contribution in [3.63, 3.8) is 0 Å². The number of ether oxygens (including phenoxy) is 2. The topological polar surface area (TPSA) is 129 Å². The van der Waals surface area contributed by atoms with Crippen LogP contribution in [-0.2, 0) is 23.0 Å². The third kappa shape index (κ3) is 7.19. The predicted molar refractivity (Wildman–Crippen MR) is 135 cm³/mol. The van der Waals surface area contributed by atoms with E-state index in [-0.39, 0.29) is 18.2 Å². The van der Waals surface area contributed by atoms with Crippen LogP contribution < -0.4 is 14.6 Å². The molecule has 2 aromatic carbocycles. The number of aryl methyl sites for hydroxylation is 1. The molecule has 0 aliphatic heterocycles. The molecule has 2 N–H and O–H groups in total. The van der Waals surface area contributed by atoms with Crippen LogP contribution in [0.25, 0.3) is 0 Å². The molecule has 1 heterocycles. The molecule has 3 aromatic rings. The van der Waals surface area contributed by atoms with Crippen molar-refractivity contribution < 1.29 is 31.9 Å². The van der Waals surface area contributed by atoms with Gasteiger partial charge in [-0.15, -0.1) is 0 Å². The summed E-state index contributed by atoms with van der Waals surface area (Å²) in [6, 6.07) is 16.2. The van der Waals surface area contributed by atoms with Crippen LogP contribution in [0.1, 0.15) is 44.2 Å². The number of ketones is 1. The van der Waals surface area contributed by atoms with Crippen molar-refractivity contribution in [2.24, 2.45) is 5.14 Å². The standard InChI is InChI=1S/C26H30N2O7S/c1-18-24(33-2)14-20(15-25(18)34-3)26(30)28(13-7-10-19-8-5-4-6-9-19)16-21-11-12-23(35-21)22(29)17-36(27,31)32/h4-6,8-9,11-12,14-15H,7,10,13,16-17H2,1-3H3,(H2,27,31,32). The first-order chi connectivity index (χ1) is 17.1. The number of amides is 1. The minimum atomic E-state index is -3.99. The normalized spacial score (nSPS) is 11.2. The zero-order valence-electron chi connectivity index (χ0n) is 20.5. The second kappa shape index (κ2) is 11.9. The van der Waals surface area contributed by atoms with Crippen molar-refractivity contribution in [1.82, 2.24) is 4.90 Å². The van der Waals surface area contributed by atoms with Gasteiger partial charge >= 0.3 is 0 Å². The zero-order chi connectivity index (χ0) is 26.3. The number of carbonyl (C=O) groups excluding carboxylic acids is 2. The van der Waals surface area contributed by atoms with Crippen LogP contribution in [-0.4, -0.2) is 51.5 Å². The van der Waals surface area contributed by atoms with Crippen molar-refractivity contribution in [2.45, 2.75) is 26.3 Å². The fourth-order valence-corrected chi connectivity index (χ4v) is 4.33. The molecule has 3 rings (SSSR count). The Labute approximate surface area is 210 Å². The van der Waals surface area contributed by atoms with Gasteiger partial charge in [0.05, 0.1) is 20.8 Å². The van der Waals surface area contributed by atoms with Gasteiger partial charge in [0.15, 0.2) is 5.76 Å². The average Bonchev–Trinajstić information content (AvgIpc) is 3.31. The predicted octanol–water partition coefficient (Wildman–Crippen LogP) is 3.35. The van der Waals surface area contributed by atoms with E-state index in [1.165, 1.54) is 20.3 Å². The van der Waals surface area contributed by atoms with Crippen LogP contribution in [0.2, 0.25) is 0 Å². The average molecular weight is 515 g/mol. The molecular weight excluding hydrogens is 484 g/mol. The Kier molecular flexibility index (Phi) is 8.89. The third-order valence-corrected chi connectivity index (χ3v) is 6.30. The van der Waals surface area contributed by atoms with E-state index in [4.69, 9.17) is 19.0 Å². The molecule has 36 heavy (non-hydrogen) atoms. The van der Waals surface area contributed by atoms with Crippen molar-refractivity contribution in [2.75, 3.05) is 26.5 Å². The van der Waals surface area contributed by atoms with Crippen LogP contribution in [0.4, 0.5) is 0 Å². The van der Waals surface area contributed by atoms with Crippen LogP contribution in [0, 0.1) is 6.92 Å². The lowest BCUT2D eigenvalue weighted by molar-refractivity contribution is 0.0728. The molecular formula is C26H30N2O7S. The summed E-state index contributed by atoms with van der Waals surface area (Å²) in [5, 5.41) is 4.96. The van der Waals surface area contributed by atoms with Crippen LogP contribution in [0.3, 0.4) is 0 Å². The molecule has 0 atom stereocenters. The van der Waals surface area contributed by atoms with E-state index in [2.05, 4.69) is 0 Å². The van der Waals surface area contributed by atoms with Gasteiger partial charge < -0.3 is 18.8 Å². The lowest BCUT2D eigenvalue weighted by atomic mass is 10.1. The maximum absolute atomic E-state index is 13.6. The summed E-state index contributed by atoms with van der Waals surface area (Å²) in [5.74, 6) is -0.622. The van der Waals surface area contributed by atoms with E-state index < -0.39 is 21.6 Å². The fraction of sp³-hybridized carbons (Fsp3) is 0.308. The molecule has 0 unspecified atom stereocenters. The summed E-state index contributed by atoms with van der Waals surface area (Å²) in [6.07, 6.45) is 1.45. The van der Waals surface area contributed by atoms with Crippen LogP contribution in [0.5, 0.6) is 11.5 Å². The third-order valence-electron chi connectivity index (χ3n) is 5.64. The maximum atomic E-state index is 13.6. The fourth-order valence-electron chi connectivity index (χ4n) is 3.82. The zero-order valence-corrected chi connectivity index (χ0v) is 21.3. The molecule has 0 radical (unpaired) electrons. The molecule has 0 saturated carbocycles. The van der Waals surface area contributed by atoms with Gasteiger partial charge in [-0.1, -0.05) is 30.3 Å². The summed E-state index contributed by atoms with van der Waals surface area (Å²) in [4.78, 5) is 27.3. The van der Waals surface area contributed by atoms with Gasteiger partial charge in [0.2, 0.25) is 15.8 Å². The molecule has 0 spiro atoms. The molecule has 0 aliphatic rings. The lowest BCUT2D eigenvalue weighted by Crippen LogP contribution is -2.31. The summed E-state index contributed by atoms with van der Waals surface area (Å²) < 4.78 is 38.9. The van der Waals surface area contributed by atoms with E-state index in [9.17, 15) is 18.0 Å². The number of sulfonamides is 1. The quantitative estimate of drug-likeness (QED) is 0.367. The molecule has 9 nitrogen and oxygen atoms in total. The number of hydrogen-bond donors (Lipinski definition) is 1. The smallest absolute Gasteiger partial charge is 0.254 e. The highest BCUT2D eigenvalue weighted by Gasteiger charge is 2.22. The number of benzene rings is 2. The Balaban J connectivity index is 1.84. The Hall–Kier alpha value is -3.63. The first-order valence-electron chi connectivity index (χ1n) is 11.3. The lowest BCUT2D eigenvalue weighted by Gasteiger charge is -2.23. The molecule has 192 valence electrons. The number of nitrogens with two attached hydrogens (primary N) is 1. The largest absolute Gasteiger partial charge is 0.496 e. The van der Waals surface area contributed by atoms with Gasteiger partial charge in [-0.2, -0.15) is 0 Å². The minimum Gasteiger partial charge on any atom is -0.496 e. The molecule has 0 bridgehead atoms. The Morgan fingerprint density at radius 1 is 1.00 bits per heavy atom. The van der Waals surface area contributed by atoms with Crippen LogP contribution in [0.15, 0.2) is 59.0 Å². The van der Waals surface area contributed by atoms with Crippen molar-refractivity contribution in [1.29, 1.82) is 0 Å². The maximum Gasteiger partial charge on any atom is 0.254 e. The van der Waals surface area contributed by atoms with Gasteiger partial charge in [0.1, 0.15) is 23.0 Å². The van der Waals surface area contributed by atoms with E-state index in [0.29, 0.717) is 35.8 Å². The van der Waals surface area contributed by atoms with E-state index in [1.807, 2.05) is 37.3 Å². The molecule has 1 aromatic heterocycles. The minimum absolute atomic E-state index is 0.0782. The molecule has 0 saturated heterocycles. The van der Waals surface area contributed by atoms with Crippen molar-refractivity contribution in [3.8, 4) is 11.5 Å². The number of nitrogens with zero attached hydrogens (tertiary/aromatic N) is 1. The highest BCUT2D eigenvalue weighted by atomic mass is 32.2. The number of hydrogen-bond acceptors (Lipinski definition) is 7. The number of furan rings is 1. The molecule has 0 aliphatic carbocycles. The number of Topliss-reactive ketones (excluding diaryl/α,β-unsaturated/α-hetero) is 1. The number of primary sulfonamides is 1. The van der Waals surface area contributed by atoms with E-state index >= 15 is 0 Å². The Morgan fingerprint density at radius 2 is 1.64 bits per heavy atom. The van der Waals surface area contributed by atoms with Gasteiger partial charge in [-0.3, -0.25) is 9.59 Å². The SMILES string of the molecule is COc1cc(C(=O)N(CCCc2ccccc2)Cc2ccc(C(=O)CS(N)(=O)=O)o2)cc(OC)c1C. The van der Waals surface area contributed by atoms with Gasteiger partial charge in [0.25, 0.3) is 5.91 Å². The second-order valence-electron chi connectivity index (χ2n) is 8.32. The summed E-state index contributed by atoms with van der Waals surface area (Å²) >= 11 is 0. The van der Waals surface area contributed by atoms with E-state index in [1.54, 1.807) is 23.1 Å². The van der Waals surface area contributed by atoms with Crippen LogP contribution >= 0.6 is 0 Å². The molecule has 1 amide bonds. The first kappa shape index (κ1) is 27.0. The highest BCUT2D eigenvalue weighted by molar-refractivity contribution is 7.89. The number of carbonyl (C=O) groups is 2. The first-order valence-corrected chi connectivity index (χ1v) is 13.0. The number of rotatable bonds is 12. The Morgan fingerprint density at radius 3 is 2.22 bits per heavy atom. The van der Waals surface area contributed by atoms with Gasteiger partial charge in [0, 0.05) is 17.7 Å².